The van der Waals surface area contributed by atoms with E-state index < -0.39 is 0 Å². The van der Waals surface area contributed by atoms with E-state index in [1.165, 1.54) is 175 Å². The van der Waals surface area contributed by atoms with Gasteiger partial charge in [-0.25, -0.2) is 4.39 Å². The van der Waals surface area contributed by atoms with E-state index in [0.717, 1.165) is 243 Å². The van der Waals surface area contributed by atoms with Crippen LogP contribution in [-0.2, 0) is 38.9 Å². The zero-order valence-electron chi connectivity index (χ0n) is 83.3. The lowest BCUT2D eigenvalue weighted by Gasteiger charge is -2.34. The Balaban J connectivity index is 0.000000143. The van der Waals surface area contributed by atoms with E-state index in [4.69, 9.17) is 14.2 Å². The number of amides is 3. The molecule has 3 amide bonds. The molecule has 7 aliphatic heterocycles. The zero-order valence-corrected chi connectivity index (χ0v) is 83.3. The van der Waals surface area contributed by atoms with Gasteiger partial charge in [-0.1, -0.05) is 30.3 Å². The second kappa shape index (κ2) is 46.4. The molecule has 24 nitrogen and oxygen atoms in total. The predicted molar refractivity (Wildman–Crippen MR) is 559 cm³/mol. The van der Waals surface area contributed by atoms with E-state index >= 15 is 0 Å². The average Bonchev–Trinajstić information content (AvgIpc) is 1.63. The molecule has 6 fully saturated rings. The molecular weight excluding hydrogens is 1720 g/mol. The van der Waals surface area contributed by atoms with Gasteiger partial charge in [0.05, 0.1) is 7.11 Å². The van der Waals surface area contributed by atoms with E-state index in [1.54, 1.807) is 7.11 Å². The van der Waals surface area contributed by atoms with Gasteiger partial charge in [0, 0.05) is 297 Å². The maximum absolute atomic E-state index is 13.3. The second-order valence-electron chi connectivity index (χ2n) is 39.2. The number of methoxy groups -OCH3 is 1. The summed E-state index contributed by atoms with van der Waals surface area (Å²) in [5.74, 6) is 2.65. The number of hydrogen-bond donors (Lipinski definition) is 3. The summed E-state index contributed by atoms with van der Waals surface area (Å²) in [6.45, 7) is 47.0. The highest BCUT2D eigenvalue weighted by atomic mass is 19.1. The molecule has 0 aliphatic carbocycles. The van der Waals surface area contributed by atoms with Gasteiger partial charge in [-0.2, -0.15) is 0 Å². The van der Waals surface area contributed by atoms with Crippen molar-refractivity contribution in [3.63, 3.8) is 0 Å². The van der Waals surface area contributed by atoms with E-state index in [-0.39, 0.29) is 23.5 Å². The fourth-order valence-corrected chi connectivity index (χ4v) is 20.7. The van der Waals surface area contributed by atoms with Crippen LogP contribution < -0.4 is 30.2 Å². The molecule has 730 valence electrons. The fraction of sp³-hybridized carbons (Fsp3) is 0.442. The highest BCUT2D eigenvalue weighted by Gasteiger charge is 2.29. The van der Waals surface area contributed by atoms with Crippen molar-refractivity contribution >= 4 is 84.6 Å². The van der Waals surface area contributed by atoms with Crippen molar-refractivity contribution in [3.05, 3.63) is 267 Å². The summed E-state index contributed by atoms with van der Waals surface area (Å²) in [4.78, 5) is 68.0. The van der Waals surface area contributed by atoms with Crippen molar-refractivity contribution in [2.45, 2.75) is 99.7 Å². The van der Waals surface area contributed by atoms with Crippen LogP contribution in [0.1, 0.15) is 101 Å². The maximum atomic E-state index is 13.3. The van der Waals surface area contributed by atoms with Crippen LogP contribution in [0.15, 0.2) is 194 Å². The Morgan fingerprint density at radius 1 is 0.304 bits per heavy atom. The third-order valence-electron chi connectivity index (χ3n) is 30.2. The van der Waals surface area contributed by atoms with Gasteiger partial charge in [-0.05, 0) is 318 Å². The number of benzene rings is 9. The van der Waals surface area contributed by atoms with Crippen LogP contribution in [0.3, 0.4) is 0 Å². The number of carbonyl (C=O) groups is 3. The molecule has 0 saturated carbocycles. The summed E-state index contributed by atoms with van der Waals surface area (Å²) in [7, 11) is 8.33. The maximum Gasteiger partial charge on any atom is 0.253 e. The number of fused-ring (bicyclic) bond motifs is 4. The first-order valence-electron chi connectivity index (χ1n) is 50.6. The Morgan fingerprint density at radius 3 is 0.913 bits per heavy atom. The molecule has 3 aromatic heterocycles. The van der Waals surface area contributed by atoms with Crippen molar-refractivity contribution in [2.24, 2.45) is 0 Å². The first-order valence-corrected chi connectivity index (χ1v) is 50.6. The molecule has 0 spiro atoms. The van der Waals surface area contributed by atoms with E-state index in [9.17, 15) is 18.8 Å². The Morgan fingerprint density at radius 2 is 0.587 bits per heavy atom. The van der Waals surface area contributed by atoms with E-state index in [2.05, 4.69) is 215 Å². The number of likely N-dealkylation sites (N-methyl/N-ethyl adjacent to an activating group) is 3. The third-order valence-corrected chi connectivity index (χ3v) is 30.2. The third kappa shape index (κ3) is 25.0. The zero-order chi connectivity index (χ0) is 95.7. The average molecular weight is 1870 g/mol. The van der Waals surface area contributed by atoms with Crippen molar-refractivity contribution < 1.29 is 33.0 Å². The topological polar surface area (TPSA) is 169 Å². The number of hydrogen-bond acceptors (Lipinski definition) is 18. The summed E-state index contributed by atoms with van der Waals surface area (Å²) in [5.41, 5.74) is 24.0. The van der Waals surface area contributed by atoms with Gasteiger partial charge in [0.25, 0.3) is 17.7 Å². The highest BCUT2D eigenvalue weighted by molar-refractivity contribution is 5.97. The van der Waals surface area contributed by atoms with Gasteiger partial charge < -0.3 is 88.0 Å². The molecule has 12 aromatic rings. The number of ether oxygens (including phenoxy) is 3. The Hall–Kier alpha value is -11.6. The number of aryl methyl sites for hydroxylation is 6. The van der Waals surface area contributed by atoms with Gasteiger partial charge >= 0.3 is 0 Å². The molecule has 0 unspecified atom stereocenters. The summed E-state index contributed by atoms with van der Waals surface area (Å²) < 4.78 is 36.8. The summed E-state index contributed by atoms with van der Waals surface area (Å²) in [6.07, 6.45) is 6.33. The first-order chi connectivity index (χ1) is 67.1. The lowest BCUT2D eigenvalue weighted by atomic mass is 10.1. The number of piperazine rings is 6. The molecule has 6 saturated heterocycles. The molecule has 25 heteroatoms. The van der Waals surface area contributed by atoms with Gasteiger partial charge in [0.1, 0.15) is 11.6 Å². The largest absolute Gasteiger partial charge is 0.497 e. The Bertz CT molecular complexity index is 6050. The van der Waals surface area contributed by atoms with Crippen molar-refractivity contribution in [3.8, 4) is 17.2 Å². The lowest BCUT2D eigenvalue weighted by molar-refractivity contribution is 0.0632. The van der Waals surface area contributed by atoms with E-state index in [1.807, 2.05) is 118 Å². The van der Waals surface area contributed by atoms with Gasteiger partial charge in [-0.3, -0.25) is 29.1 Å². The fourth-order valence-electron chi connectivity index (χ4n) is 20.7. The Kier molecular flexibility index (Phi) is 33.0. The molecule has 10 heterocycles. The number of carbonyl (C=O) groups excluding carboxylic acids is 3. The minimum atomic E-state index is -0.199. The molecule has 0 atom stereocenters. The number of nitrogens with one attached hydrogen (secondary N) is 3. The van der Waals surface area contributed by atoms with Gasteiger partial charge in [0.15, 0.2) is 11.5 Å². The van der Waals surface area contributed by atoms with Crippen molar-refractivity contribution in [2.75, 3.05) is 247 Å². The summed E-state index contributed by atoms with van der Waals surface area (Å²) in [6, 6.07) is 64.9. The van der Waals surface area contributed by atoms with Crippen molar-refractivity contribution in [1.82, 2.24) is 72.5 Å². The van der Waals surface area contributed by atoms with Gasteiger partial charge in [-0.15, -0.1) is 0 Å². The number of anilines is 6. The standard InChI is InChI=1S/C38H48N6O3.C38H50N6O2.C37H47FN6O/c1-28-29(2)44(15-4-14-41-19-17-40(3)18-20-41)35-11-10-33(26-34(28)35)39-32-8-6-31(7-9-32)38(45)43-23-21-42(22-24-43)16-13-30-5-12-36-37(25-30)47-27-46-36;1-29-30(2)44(18-5-17-41-22-20-40(3)21-23-41)37-15-12-34(28-36(29)37)39-33-10-8-32(9-11-33)38(45)43-26-24-42(25-27-43)19-16-31-6-13-35(46-4)14-7-31;1-28-29(2)44(17-4-16-41-21-19-40(3)20-22-41)36-14-13-34(27-35(28)36)39-33-11-7-31(8-12-33)37(45)43-25-23-42(24-26-43)18-15-30-5-9-32(38)10-6-30/h5-12,25-26,39H,4,13-24,27H2,1-3H3;6-15,28,39H,5,16-27H2,1-4H3;5-14,27,39H,4,15-26H2,1-3H3. The number of aromatic nitrogens is 3. The SMILES string of the molecule is COc1ccc(CCN2CCN(C(=O)c3ccc(Nc4ccc5c(c4)c(C)c(C)n5CCCN4CCN(C)CC4)cc3)CC2)cc1.Cc1c(C)n(CCCN2CCN(C)CC2)c2ccc(Nc3ccc(C(=O)N4CCN(CCc5ccc(F)cc5)CC4)cc3)cc12.Cc1c(C)n(CCCN2CCN(C)CC2)c2ccc(Nc3ccc(C(=O)N4CCN(CCc5ccc6c(c5)OCO6)CC4)cc3)cc12. The summed E-state index contributed by atoms with van der Waals surface area (Å²) >= 11 is 0. The molecule has 9 aromatic carbocycles. The van der Waals surface area contributed by atoms with Crippen LogP contribution >= 0.6 is 0 Å². The van der Waals surface area contributed by atoms with Crippen LogP contribution in [0.25, 0.3) is 32.7 Å². The first kappa shape index (κ1) is 98.0. The molecule has 7 aliphatic rings. The monoisotopic (exact) mass is 1870 g/mol. The molecular formula is C113H145FN18O6. The van der Waals surface area contributed by atoms with Gasteiger partial charge in [0.2, 0.25) is 6.79 Å². The van der Waals surface area contributed by atoms with Crippen LogP contribution in [0.4, 0.5) is 38.5 Å². The minimum Gasteiger partial charge on any atom is -0.497 e. The predicted octanol–water partition coefficient (Wildman–Crippen LogP) is 16.8. The highest BCUT2D eigenvalue weighted by Crippen LogP contribution is 2.37. The van der Waals surface area contributed by atoms with Crippen molar-refractivity contribution in [1.29, 1.82) is 0 Å². The lowest BCUT2D eigenvalue weighted by Crippen LogP contribution is -2.49. The molecule has 19 rings (SSSR count). The van der Waals surface area contributed by atoms with Crippen LogP contribution in [0.5, 0.6) is 17.2 Å². The number of nitrogens with zero attached hydrogens (tertiary/aromatic N) is 15. The van der Waals surface area contributed by atoms with Crippen LogP contribution in [0.2, 0.25) is 0 Å². The van der Waals surface area contributed by atoms with Crippen LogP contribution in [-0.4, -0.2) is 322 Å². The molecule has 0 bridgehead atoms. The number of rotatable bonds is 31. The minimum absolute atomic E-state index is 0.0845. The molecule has 3 N–H and O–H groups in total. The summed E-state index contributed by atoms with van der Waals surface area (Å²) in [5, 5.41) is 14.6. The smallest absolute Gasteiger partial charge is 0.253 e. The Labute approximate surface area is 816 Å². The van der Waals surface area contributed by atoms with E-state index in [0.29, 0.717) is 6.79 Å². The second-order valence-corrected chi connectivity index (χ2v) is 39.2. The molecule has 0 radical (unpaired) electrons. The normalized spacial score (nSPS) is 17.0. The van der Waals surface area contributed by atoms with Crippen LogP contribution in [0, 0.1) is 47.4 Å². The quantitative estimate of drug-likeness (QED) is 0.0375. The number of halogens is 1. The molecule has 138 heavy (non-hydrogen) atoms.